The molecule has 3 aromatic rings. The standard InChI is InChI=1S/C25H23NO5S/c1-17-8-11-21(12-9-17)32(28,29)26-24(27)30-23(19-6-4-3-5-7-19)25(26)15-14-20-16-18(2)10-13-22(20)31-25/h3-13,16,23H,14-15H2,1-2H3/t23-,25-/m1/s1. The number of benzene rings is 3. The average molecular weight is 450 g/mol. The van der Waals surface area contributed by atoms with Gasteiger partial charge < -0.3 is 9.47 Å². The minimum Gasteiger partial charge on any atom is -0.462 e. The van der Waals surface area contributed by atoms with E-state index in [2.05, 4.69) is 0 Å². The van der Waals surface area contributed by atoms with Crippen molar-refractivity contribution >= 4 is 16.1 Å². The van der Waals surface area contributed by atoms with E-state index in [9.17, 15) is 13.2 Å². The zero-order chi connectivity index (χ0) is 22.5. The van der Waals surface area contributed by atoms with Crippen molar-refractivity contribution in [1.82, 2.24) is 4.31 Å². The lowest BCUT2D eigenvalue weighted by Crippen LogP contribution is -2.56. The largest absolute Gasteiger partial charge is 0.462 e. The maximum Gasteiger partial charge on any atom is 0.428 e. The highest BCUT2D eigenvalue weighted by atomic mass is 32.2. The van der Waals surface area contributed by atoms with Gasteiger partial charge in [0.05, 0.1) is 4.90 Å². The van der Waals surface area contributed by atoms with Crippen molar-refractivity contribution in [2.45, 2.75) is 43.4 Å². The molecule has 6 nitrogen and oxygen atoms in total. The van der Waals surface area contributed by atoms with Crippen LogP contribution < -0.4 is 4.74 Å². The van der Waals surface area contributed by atoms with E-state index < -0.39 is 27.9 Å². The van der Waals surface area contributed by atoms with Crippen LogP contribution in [-0.2, 0) is 21.2 Å². The molecule has 0 saturated carbocycles. The topological polar surface area (TPSA) is 72.9 Å². The van der Waals surface area contributed by atoms with E-state index in [0.29, 0.717) is 17.7 Å². The van der Waals surface area contributed by atoms with E-state index in [1.807, 2.05) is 62.4 Å². The fourth-order valence-electron chi connectivity index (χ4n) is 4.46. The molecule has 0 aliphatic carbocycles. The number of rotatable bonds is 3. The van der Waals surface area contributed by atoms with Gasteiger partial charge >= 0.3 is 6.09 Å². The number of carbonyl (C=O) groups excluding carboxylic acids is 1. The summed E-state index contributed by atoms with van der Waals surface area (Å²) in [7, 11) is -4.23. The Hall–Kier alpha value is -3.32. The summed E-state index contributed by atoms with van der Waals surface area (Å²) >= 11 is 0. The normalized spacial score (nSPS) is 22.4. The Morgan fingerprint density at radius 1 is 0.938 bits per heavy atom. The maximum absolute atomic E-state index is 13.7. The summed E-state index contributed by atoms with van der Waals surface area (Å²) in [5.41, 5.74) is 2.14. The molecule has 1 fully saturated rings. The van der Waals surface area contributed by atoms with Gasteiger partial charge in [0.2, 0.25) is 5.72 Å². The van der Waals surface area contributed by atoms with E-state index in [-0.39, 0.29) is 11.3 Å². The van der Waals surface area contributed by atoms with Crippen LogP contribution in [0.3, 0.4) is 0 Å². The lowest BCUT2D eigenvalue weighted by Gasteiger charge is -2.41. The van der Waals surface area contributed by atoms with Crippen LogP contribution in [0.15, 0.2) is 77.7 Å². The summed E-state index contributed by atoms with van der Waals surface area (Å²) in [4.78, 5) is 13.1. The number of amides is 1. The highest BCUT2D eigenvalue weighted by Gasteiger charge is 2.63. The van der Waals surface area contributed by atoms with Crippen molar-refractivity contribution in [3.05, 3.63) is 95.1 Å². The fourth-order valence-corrected chi connectivity index (χ4v) is 6.02. The molecule has 0 bridgehead atoms. The summed E-state index contributed by atoms with van der Waals surface area (Å²) in [6.07, 6.45) is -1.00. The number of sulfonamides is 1. The van der Waals surface area contributed by atoms with Gasteiger partial charge in [0.15, 0.2) is 6.10 Å². The van der Waals surface area contributed by atoms with Crippen LogP contribution in [0.25, 0.3) is 0 Å². The van der Waals surface area contributed by atoms with Crippen molar-refractivity contribution in [1.29, 1.82) is 0 Å². The van der Waals surface area contributed by atoms with E-state index in [1.165, 1.54) is 12.1 Å². The Labute approximate surface area is 187 Å². The molecule has 32 heavy (non-hydrogen) atoms. The van der Waals surface area contributed by atoms with Crippen LogP contribution in [0.5, 0.6) is 5.75 Å². The highest BCUT2D eigenvalue weighted by molar-refractivity contribution is 7.89. The smallest absolute Gasteiger partial charge is 0.428 e. The van der Waals surface area contributed by atoms with Gasteiger partial charge in [0, 0.05) is 6.42 Å². The Kier molecular flexibility index (Phi) is 4.74. The van der Waals surface area contributed by atoms with Crippen molar-refractivity contribution in [2.75, 3.05) is 0 Å². The van der Waals surface area contributed by atoms with Gasteiger partial charge in [-0.3, -0.25) is 0 Å². The zero-order valence-electron chi connectivity index (χ0n) is 17.8. The molecule has 0 unspecified atom stereocenters. The quantitative estimate of drug-likeness (QED) is 0.568. The first kappa shape index (κ1) is 20.6. The van der Waals surface area contributed by atoms with Gasteiger partial charge in [-0.05, 0) is 49.6 Å². The van der Waals surface area contributed by atoms with Crippen molar-refractivity contribution in [2.24, 2.45) is 0 Å². The second-order valence-electron chi connectivity index (χ2n) is 8.32. The van der Waals surface area contributed by atoms with Crippen LogP contribution in [0.4, 0.5) is 4.79 Å². The number of ether oxygens (including phenoxy) is 2. The van der Waals surface area contributed by atoms with Crippen LogP contribution in [0.2, 0.25) is 0 Å². The molecule has 2 heterocycles. The number of aryl methyl sites for hydroxylation is 3. The molecular weight excluding hydrogens is 426 g/mol. The lowest BCUT2D eigenvalue weighted by atomic mass is 9.90. The second-order valence-corrected chi connectivity index (χ2v) is 10.1. The van der Waals surface area contributed by atoms with Crippen LogP contribution in [0, 0.1) is 13.8 Å². The van der Waals surface area contributed by atoms with Gasteiger partial charge in [0.25, 0.3) is 10.0 Å². The number of nitrogens with zero attached hydrogens (tertiary/aromatic N) is 1. The molecule has 164 valence electrons. The number of cyclic esters (lactones) is 1. The third kappa shape index (κ3) is 3.15. The predicted molar refractivity (Wildman–Crippen MR) is 119 cm³/mol. The molecule has 2 aliphatic heterocycles. The molecule has 1 spiro atoms. The predicted octanol–water partition coefficient (Wildman–Crippen LogP) is 4.91. The number of fused-ring (bicyclic) bond motifs is 1. The third-order valence-electron chi connectivity index (χ3n) is 6.05. The van der Waals surface area contributed by atoms with E-state index in [0.717, 1.165) is 21.0 Å². The summed E-state index contributed by atoms with van der Waals surface area (Å²) in [5, 5.41) is 0. The molecule has 1 amide bonds. The molecule has 2 aliphatic rings. The van der Waals surface area contributed by atoms with Gasteiger partial charge in [-0.2, -0.15) is 4.31 Å². The van der Waals surface area contributed by atoms with E-state index in [4.69, 9.17) is 9.47 Å². The minimum atomic E-state index is -4.23. The van der Waals surface area contributed by atoms with Crippen LogP contribution in [0.1, 0.15) is 34.8 Å². The first-order chi connectivity index (χ1) is 15.3. The van der Waals surface area contributed by atoms with E-state index >= 15 is 0 Å². The number of carbonyl (C=O) groups is 1. The molecule has 7 heteroatoms. The average Bonchev–Trinajstić information content (AvgIpc) is 3.07. The van der Waals surface area contributed by atoms with Crippen molar-refractivity contribution < 1.29 is 22.7 Å². The summed E-state index contributed by atoms with van der Waals surface area (Å²) in [6.45, 7) is 3.87. The van der Waals surface area contributed by atoms with Crippen molar-refractivity contribution in [3.8, 4) is 5.75 Å². The van der Waals surface area contributed by atoms with Gasteiger partial charge in [-0.25, -0.2) is 13.2 Å². The van der Waals surface area contributed by atoms with E-state index in [1.54, 1.807) is 12.1 Å². The SMILES string of the molecule is Cc1ccc(S(=O)(=O)N2C(=O)O[C@H](c3ccccc3)[C@]23CCc2cc(C)ccc2O3)cc1. The monoisotopic (exact) mass is 449 g/mol. The Morgan fingerprint density at radius 2 is 1.62 bits per heavy atom. The first-order valence-electron chi connectivity index (χ1n) is 10.5. The summed E-state index contributed by atoms with van der Waals surface area (Å²) in [5.74, 6) is 0.560. The zero-order valence-corrected chi connectivity index (χ0v) is 18.6. The molecule has 5 rings (SSSR count). The molecule has 0 aromatic heterocycles. The molecule has 0 N–H and O–H groups in total. The van der Waals surface area contributed by atoms with Crippen molar-refractivity contribution in [3.63, 3.8) is 0 Å². The van der Waals surface area contributed by atoms with Gasteiger partial charge in [0.1, 0.15) is 5.75 Å². The van der Waals surface area contributed by atoms with Crippen LogP contribution in [-0.4, -0.2) is 24.5 Å². The number of hydrogen-bond donors (Lipinski definition) is 0. The Bertz CT molecular complexity index is 1290. The number of hydrogen-bond acceptors (Lipinski definition) is 5. The molecule has 2 atom stereocenters. The summed E-state index contributed by atoms with van der Waals surface area (Å²) < 4.78 is 40.4. The summed E-state index contributed by atoms with van der Waals surface area (Å²) in [6, 6.07) is 21.3. The second kappa shape index (κ2) is 7.38. The Morgan fingerprint density at radius 3 is 2.34 bits per heavy atom. The fraction of sp³-hybridized carbons (Fsp3) is 0.240. The molecule has 3 aromatic carbocycles. The lowest BCUT2D eigenvalue weighted by molar-refractivity contribution is -0.0665. The third-order valence-corrected chi connectivity index (χ3v) is 7.86. The molecule has 0 radical (unpaired) electrons. The van der Waals surface area contributed by atoms with Gasteiger partial charge in [-0.1, -0.05) is 65.7 Å². The maximum atomic E-state index is 13.7. The molecule has 1 saturated heterocycles. The first-order valence-corrected chi connectivity index (χ1v) is 11.9. The Balaban J connectivity index is 1.68. The van der Waals surface area contributed by atoms with Crippen LogP contribution >= 0.6 is 0 Å². The highest BCUT2D eigenvalue weighted by Crippen LogP contribution is 2.50. The minimum absolute atomic E-state index is 0.0199. The molecular formula is C25H23NO5S. The van der Waals surface area contributed by atoms with Gasteiger partial charge in [-0.15, -0.1) is 0 Å².